The van der Waals surface area contributed by atoms with Crippen molar-refractivity contribution in [3.8, 4) is 11.4 Å². The zero-order valence-corrected chi connectivity index (χ0v) is 16.7. The van der Waals surface area contributed by atoms with E-state index in [9.17, 15) is 4.79 Å². The summed E-state index contributed by atoms with van der Waals surface area (Å²) in [6, 6.07) is 27.1. The van der Waals surface area contributed by atoms with Gasteiger partial charge in [0, 0.05) is 17.8 Å². The average Bonchev–Trinajstić information content (AvgIpc) is 3.47. The zero-order valence-electron chi connectivity index (χ0n) is 16.7. The van der Waals surface area contributed by atoms with Gasteiger partial charge >= 0.3 is 6.01 Å². The predicted octanol–water partition coefficient (Wildman–Crippen LogP) is 3.98. The van der Waals surface area contributed by atoms with Crippen molar-refractivity contribution in [1.29, 1.82) is 0 Å². The van der Waals surface area contributed by atoms with Crippen molar-refractivity contribution >= 4 is 17.6 Å². The summed E-state index contributed by atoms with van der Waals surface area (Å²) in [7, 11) is 0. The SMILES string of the molecule is O=C(NNc1nc(-c2ccccc2)no1)C(c1ccccc1)N1CCc2ccccc21. The summed E-state index contributed by atoms with van der Waals surface area (Å²) in [6.07, 6.45) is 0.907. The number of aromatic nitrogens is 2. The Morgan fingerprint density at radius 1 is 0.935 bits per heavy atom. The van der Waals surface area contributed by atoms with Crippen LogP contribution in [-0.4, -0.2) is 22.6 Å². The number of rotatable bonds is 6. The van der Waals surface area contributed by atoms with Crippen LogP contribution in [0, 0.1) is 0 Å². The number of hydrogen-bond donors (Lipinski definition) is 2. The Morgan fingerprint density at radius 3 is 2.45 bits per heavy atom. The van der Waals surface area contributed by atoms with Gasteiger partial charge in [0.2, 0.25) is 5.82 Å². The number of nitrogens with one attached hydrogen (secondary N) is 2. The van der Waals surface area contributed by atoms with Crippen molar-refractivity contribution in [2.75, 3.05) is 16.9 Å². The van der Waals surface area contributed by atoms with Crippen molar-refractivity contribution in [3.05, 3.63) is 96.1 Å². The van der Waals surface area contributed by atoms with E-state index in [-0.39, 0.29) is 11.9 Å². The van der Waals surface area contributed by atoms with Crippen LogP contribution in [0.4, 0.5) is 11.7 Å². The van der Waals surface area contributed by atoms with E-state index in [0.717, 1.165) is 29.8 Å². The lowest BCUT2D eigenvalue weighted by atomic mass is 10.0. The molecule has 4 aromatic rings. The molecule has 3 aromatic carbocycles. The number of nitrogens with zero attached hydrogens (tertiary/aromatic N) is 3. The lowest BCUT2D eigenvalue weighted by Crippen LogP contribution is -2.42. The summed E-state index contributed by atoms with van der Waals surface area (Å²) in [6.45, 7) is 0.769. The predicted molar refractivity (Wildman–Crippen MR) is 118 cm³/mol. The van der Waals surface area contributed by atoms with Gasteiger partial charge in [-0.15, -0.1) is 0 Å². The Bertz CT molecular complexity index is 1180. The molecule has 1 atom stereocenters. The van der Waals surface area contributed by atoms with Gasteiger partial charge in [-0.2, -0.15) is 4.98 Å². The lowest BCUT2D eigenvalue weighted by Gasteiger charge is -2.29. The smallest absolute Gasteiger partial charge is 0.340 e. The van der Waals surface area contributed by atoms with Crippen LogP contribution >= 0.6 is 0 Å². The number of carbonyl (C=O) groups excluding carboxylic acids is 1. The molecule has 1 aromatic heterocycles. The largest absolute Gasteiger partial charge is 0.355 e. The first-order valence-corrected chi connectivity index (χ1v) is 10.1. The number of fused-ring (bicyclic) bond motifs is 1. The fourth-order valence-electron chi connectivity index (χ4n) is 3.90. The maximum atomic E-state index is 13.3. The average molecular weight is 411 g/mol. The van der Waals surface area contributed by atoms with Crippen molar-refractivity contribution < 1.29 is 9.32 Å². The van der Waals surface area contributed by atoms with E-state index in [1.165, 1.54) is 5.56 Å². The second-order valence-corrected chi connectivity index (χ2v) is 7.29. The third-order valence-electron chi connectivity index (χ3n) is 5.35. The molecule has 0 bridgehead atoms. The first-order chi connectivity index (χ1) is 15.3. The molecular weight excluding hydrogens is 390 g/mol. The minimum absolute atomic E-state index is 0.126. The molecule has 5 rings (SSSR count). The van der Waals surface area contributed by atoms with Gasteiger partial charge in [-0.1, -0.05) is 84.0 Å². The molecule has 1 amide bonds. The second kappa shape index (κ2) is 8.31. The number of carbonyl (C=O) groups is 1. The van der Waals surface area contributed by atoms with Crippen molar-refractivity contribution in [2.24, 2.45) is 0 Å². The first-order valence-electron chi connectivity index (χ1n) is 10.1. The highest BCUT2D eigenvalue weighted by Gasteiger charge is 2.32. The molecule has 0 spiro atoms. The molecule has 0 fully saturated rings. The van der Waals surface area contributed by atoms with E-state index in [4.69, 9.17) is 4.52 Å². The minimum Gasteiger partial charge on any atom is -0.355 e. The Kier molecular flexibility index (Phi) is 5.06. The molecule has 0 saturated carbocycles. The lowest BCUT2D eigenvalue weighted by molar-refractivity contribution is -0.122. The molecule has 1 aliphatic rings. The van der Waals surface area contributed by atoms with Gasteiger partial charge in [0.1, 0.15) is 6.04 Å². The fraction of sp³-hybridized carbons (Fsp3) is 0.125. The molecule has 2 heterocycles. The molecule has 154 valence electrons. The van der Waals surface area contributed by atoms with E-state index in [1.54, 1.807) is 0 Å². The number of hydrogen-bond acceptors (Lipinski definition) is 6. The van der Waals surface area contributed by atoms with Crippen LogP contribution in [-0.2, 0) is 11.2 Å². The van der Waals surface area contributed by atoms with E-state index < -0.39 is 6.04 Å². The summed E-state index contributed by atoms with van der Waals surface area (Å²) in [5.41, 5.74) is 9.58. The van der Waals surface area contributed by atoms with Gasteiger partial charge in [0.15, 0.2) is 0 Å². The molecule has 31 heavy (non-hydrogen) atoms. The molecule has 2 N–H and O–H groups in total. The standard InChI is InChI=1S/C24H21N5O2/c30-23(26-27-24-25-22(28-31-24)19-12-5-2-6-13-19)21(18-10-3-1-4-11-18)29-16-15-17-9-7-8-14-20(17)29/h1-14,21H,15-16H2,(H,26,30)(H,25,27,28). The van der Waals surface area contributed by atoms with Gasteiger partial charge in [-0.05, 0) is 23.6 Å². The maximum Gasteiger partial charge on any atom is 0.340 e. The van der Waals surface area contributed by atoms with E-state index in [2.05, 4.69) is 38.0 Å². The van der Waals surface area contributed by atoms with Gasteiger partial charge in [0.05, 0.1) is 0 Å². The minimum atomic E-state index is -0.492. The maximum absolute atomic E-state index is 13.3. The summed E-state index contributed by atoms with van der Waals surface area (Å²) in [5, 5.41) is 3.96. The van der Waals surface area contributed by atoms with Crippen LogP contribution < -0.4 is 15.8 Å². The highest BCUT2D eigenvalue weighted by atomic mass is 16.5. The first kappa shape index (κ1) is 18.9. The van der Waals surface area contributed by atoms with Crippen molar-refractivity contribution in [3.63, 3.8) is 0 Å². The number of para-hydroxylation sites is 1. The van der Waals surface area contributed by atoms with E-state index in [0.29, 0.717) is 5.82 Å². The Hall–Kier alpha value is -4.13. The molecule has 0 aliphatic carbocycles. The third-order valence-corrected chi connectivity index (χ3v) is 5.35. The zero-order chi connectivity index (χ0) is 21.0. The van der Waals surface area contributed by atoms with Crippen LogP contribution in [0.2, 0.25) is 0 Å². The van der Waals surface area contributed by atoms with Crippen LogP contribution in [0.3, 0.4) is 0 Å². The summed E-state index contributed by atoms with van der Waals surface area (Å²) in [4.78, 5) is 19.7. The molecule has 0 radical (unpaired) electrons. The fourth-order valence-corrected chi connectivity index (χ4v) is 3.90. The quantitative estimate of drug-likeness (QED) is 0.467. The highest BCUT2D eigenvalue weighted by Crippen LogP contribution is 2.35. The van der Waals surface area contributed by atoms with Crippen LogP contribution in [0.25, 0.3) is 11.4 Å². The van der Waals surface area contributed by atoms with Gasteiger partial charge in [-0.3, -0.25) is 10.2 Å². The highest BCUT2D eigenvalue weighted by molar-refractivity contribution is 5.88. The molecule has 1 aliphatic heterocycles. The summed E-state index contributed by atoms with van der Waals surface area (Å²) >= 11 is 0. The van der Waals surface area contributed by atoms with Gasteiger partial charge < -0.3 is 9.42 Å². The Labute approximate surface area is 179 Å². The molecule has 7 nitrogen and oxygen atoms in total. The number of benzene rings is 3. The number of amides is 1. The molecule has 1 unspecified atom stereocenters. The van der Waals surface area contributed by atoms with Gasteiger partial charge in [-0.25, -0.2) is 5.43 Å². The summed E-state index contributed by atoms with van der Waals surface area (Å²) in [5.74, 6) is 0.243. The van der Waals surface area contributed by atoms with E-state index in [1.807, 2.05) is 72.8 Å². The van der Waals surface area contributed by atoms with Crippen LogP contribution in [0.15, 0.2) is 89.5 Å². The molecular formula is C24H21N5O2. The van der Waals surface area contributed by atoms with Crippen molar-refractivity contribution in [2.45, 2.75) is 12.5 Å². The van der Waals surface area contributed by atoms with Crippen LogP contribution in [0.1, 0.15) is 17.2 Å². The van der Waals surface area contributed by atoms with Crippen molar-refractivity contribution in [1.82, 2.24) is 15.6 Å². The van der Waals surface area contributed by atoms with Gasteiger partial charge in [0.25, 0.3) is 5.91 Å². The monoisotopic (exact) mass is 411 g/mol. The third kappa shape index (κ3) is 3.85. The van der Waals surface area contributed by atoms with E-state index >= 15 is 0 Å². The Balaban J connectivity index is 1.36. The molecule has 7 heteroatoms. The normalized spacial score (nSPS) is 13.5. The Morgan fingerprint density at radius 2 is 1.65 bits per heavy atom. The summed E-state index contributed by atoms with van der Waals surface area (Å²) < 4.78 is 5.24. The molecule has 0 saturated heterocycles. The number of anilines is 2. The topological polar surface area (TPSA) is 83.3 Å². The second-order valence-electron chi connectivity index (χ2n) is 7.29. The number of hydrazine groups is 1. The van der Waals surface area contributed by atoms with Crippen LogP contribution in [0.5, 0.6) is 0 Å².